The summed E-state index contributed by atoms with van der Waals surface area (Å²) in [5, 5.41) is 3.52. The Balaban J connectivity index is 1.64. The van der Waals surface area contributed by atoms with Crippen LogP contribution in [0.4, 0.5) is 0 Å². The molecular formula is C15H31N3. The number of hydrogen-bond acceptors (Lipinski definition) is 3. The highest BCUT2D eigenvalue weighted by atomic mass is 15.2. The van der Waals surface area contributed by atoms with Crippen LogP contribution in [0.1, 0.15) is 44.9 Å². The molecule has 0 bridgehead atoms. The van der Waals surface area contributed by atoms with Crippen LogP contribution in [0, 0.1) is 0 Å². The van der Waals surface area contributed by atoms with Crippen LogP contribution in [-0.4, -0.2) is 62.2 Å². The molecule has 0 spiro atoms. The normalized spacial score (nSPS) is 25.2. The third-order valence-corrected chi connectivity index (χ3v) is 4.58. The van der Waals surface area contributed by atoms with Crippen molar-refractivity contribution in [3.8, 4) is 0 Å². The fraction of sp³-hybridized carbons (Fsp3) is 1.00. The zero-order valence-electron chi connectivity index (χ0n) is 12.2. The van der Waals surface area contributed by atoms with Crippen molar-refractivity contribution in [1.29, 1.82) is 0 Å². The number of nitrogens with zero attached hydrogens (tertiary/aromatic N) is 2. The first-order valence-electron chi connectivity index (χ1n) is 8.00. The van der Waals surface area contributed by atoms with Gasteiger partial charge in [-0.25, -0.2) is 0 Å². The number of likely N-dealkylation sites (tertiary alicyclic amines) is 2. The van der Waals surface area contributed by atoms with E-state index in [1.54, 1.807) is 0 Å². The van der Waals surface area contributed by atoms with Gasteiger partial charge in [-0.1, -0.05) is 12.8 Å². The Morgan fingerprint density at radius 3 is 1.94 bits per heavy atom. The molecule has 0 amide bonds. The van der Waals surface area contributed by atoms with Crippen molar-refractivity contribution < 1.29 is 0 Å². The Bertz CT molecular complexity index is 208. The number of nitrogens with one attached hydrogen (secondary N) is 1. The van der Waals surface area contributed by atoms with Crippen molar-refractivity contribution in [1.82, 2.24) is 15.1 Å². The molecule has 3 nitrogen and oxygen atoms in total. The van der Waals surface area contributed by atoms with E-state index in [1.807, 2.05) is 0 Å². The SMILES string of the molecule is CN[C@H](CCN1CCCCC1)CN1CCCCC1. The summed E-state index contributed by atoms with van der Waals surface area (Å²) >= 11 is 0. The van der Waals surface area contributed by atoms with E-state index in [0.717, 1.165) is 0 Å². The quantitative estimate of drug-likeness (QED) is 0.780. The lowest BCUT2D eigenvalue weighted by Crippen LogP contribution is -2.44. The van der Waals surface area contributed by atoms with E-state index in [4.69, 9.17) is 0 Å². The van der Waals surface area contributed by atoms with Crippen molar-refractivity contribution in [3.05, 3.63) is 0 Å². The number of rotatable bonds is 6. The molecule has 106 valence electrons. The molecule has 2 heterocycles. The van der Waals surface area contributed by atoms with Gasteiger partial charge in [-0.15, -0.1) is 0 Å². The molecule has 0 radical (unpaired) electrons. The van der Waals surface area contributed by atoms with Crippen LogP contribution >= 0.6 is 0 Å². The second-order valence-electron chi connectivity index (χ2n) is 6.04. The highest BCUT2D eigenvalue weighted by Crippen LogP contribution is 2.12. The van der Waals surface area contributed by atoms with Crippen LogP contribution in [-0.2, 0) is 0 Å². The number of hydrogen-bond donors (Lipinski definition) is 1. The molecule has 0 unspecified atom stereocenters. The summed E-state index contributed by atoms with van der Waals surface area (Å²) in [6.07, 6.45) is 9.83. The first kappa shape index (κ1) is 14.3. The molecule has 18 heavy (non-hydrogen) atoms. The molecule has 3 heteroatoms. The molecule has 1 atom stereocenters. The minimum absolute atomic E-state index is 0.685. The Morgan fingerprint density at radius 1 is 0.833 bits per heavy atom. The van der Waals surface area contributed by atoms with Gasteiger partial charge < -0.3 is 15.1 Å². The van der Waals surface area contributed by atoms with Crippen LogP contribution in [0.15, 0.2) is 0 Å². The minimum Gasteiger partial charge on any atom is -0.316 e. The van der Waals surface area contributed by atoms with Gasteiger partial charge in [0, 0.05) is 12.6 Å². The van der Waals surface area contributed by atoms with Crippen LogP contribution in [0.5, 0.6) is 0 Å². The van der Waals surface area contributed by atoms with Crippen LogP contribution in [0.2, 0.25) is 0 Å². The predicted molar refractivity (Wildman–Crippen MR) is 78.0 cm³/mol. The highest BCUT2D eigenvalue weighted by molar-refractivity contribution is 4.75. The molecule has 2 fully saturated rings. The second kappa shape index (κ2) is 8.13. The zero-order valence-corrected chi connectivity index (χ0v) is 12.2. The third-order valence-electron chi connectivity index (χ3n) is 4.58. The van der Waals surface area contributed by atoms with Gasteiger partial charge in [0.1, 0.15) is 0 Å². The Labute approximate surface area is 113 Å². The van der Waals surface area contributed by atoms with Crippen LogP contribution in [0.25, 0.3) is 0 Å². The lowest BCUT2D eigenvalue weighted by Gasteiger charge is -2.32. The van der Waals surface area contributed by atoms with Gasteiger partial charge in [0.25, 0.3) is 0 Å². The topological polar surface area (TPSA) is 18.5 Å². The summed E-state index contributed by atoms with van der Waals surface area (Å²) in [5.74, 6) is 0. The Kier molecular flexibility index (Phi) is 6.46. The molecule has 0 aromatic carbocycles. The first-order chi connectivity index (χ1) is 8.88. The largest absolute Gasteiger partial charge is 0.316 e. The summed E-state index contributed by atoms with van der Waals surface area (Å²) in [6.45, 7) is 7.85. The van der Waals surface area contributed by atoms with E-state index < -0.39 is 0 Å². The van der Waals surface area contributed by atoms with E-state index in [9.17, 15) is 0 Å². The van der Waals surface area contributed by atoms with Crippen LogP contribution < -0.4 is 5.32 Å². The fourth-order valence-electron chi connectivity index (χ4n) is 3.30. The monoisotopic (exact) mass is 253 g/mol. The molecule has 1 N–H and O–H groups in total. The summed E-state index contributed by atoms with van der Waals surface area (Å²) in [7, 11) is 2.13. The fourth-order valence-corrected chi connectivity index (χ4v) is 3.30. The van der Waals surface area contributed by atoms with E-state index in [2.05, 4.69) is 22.2 Å². The summed E-state index contributed by atoms with van der Waals surface area (Å²) in [6, 6.07) is 0.685. The number of likely N-dealkylation sites (N-methyl/N-ethyl adjacent to an activating group) is 1. The van der Waals surface area contributed by atoms with Gasteiger partial charge in [-0.3, -0.25) is 0 Å². The van der Waals surface area contributed by atoms with Crippen molar-refractivity contribution in [3.63, 3.8) is 0 Å². The molecule has 2 aliphatic heterocycles. The Morgan fingerprint density at radius 2 is 1.39 bits per heavy atom. The van der Waals surface area contributed by atoms with E-state index >= 15 is 0 Å². The van der Waals surface area contributed by atoms with Gasteiger partial charge in [-0.2, -0.15) is 0 Å². The Hall–Kier alpha value is -0.120. The van der Waals surface area contributed by atoms with E-state index in [-0.39, 0.29) is 0 Å². The van der Waals surface area contributed by atoms with Gasteiger partial charge >= 0.3 is 0 Å². The highest BCUT2D eigenvalue weighted by Gasteiger charge is 2.17. The first-order valence-corrected chi connectivity index (χ1v) is 8.00. The summed E-state index contributed by atoms with van der Waals surface area (Å²) in [5.41, 5.74) is 0. The second-order valence-corrected chi connectivity index (χ2v) is 6.04. The maximum absolute atomic E-state index is 3.52. The molecule has 2 rings (SSSR count). The number of piperidine rings is 2. The maximum Gasteiger partial charge on any atom is 0.0204 e. The molecule has 0 saturated carbocycles. The van der Waals surface area contributed by atoms with Gasteiger partial charge in [-0.05, 0) is 71.9 Å². The molecule has 0 aromatic heterocycles. The lowest BCUT2D eigenvalue weighted by molar-refractivity contribution is 0.182. The van der Waals surface area contributed by atoms with Crippen molar-refractivity contribution in [2.45, 2.75) is 51.0 Å². The van der Waals surface area contributed by atoms with Gasteiger partial charge in [0.15, 0.2) is 0 Å². The minimum atomic E-state index is 0.685. The maximum atomic E-state index is 3.52. The standard InChI is InChI=1S/C15H31N3/c1-16-15(14-18-11-6-3-7-12-18)8-13-17-9-4-2-5-10-17/h15-16H,2-14H2,1H3/t15-/m1/s1. The molecule has 2 aliphatic rings. The van der Waals surface area contributed by atoms with Crippen molar-refractivity contribution in [2.24, 2.45) is 0 Å². The smallest absolute Gasteiger partial charge is 0.0204 e. The van der Waals surface area contributed by atoms with Crippen molar-refractivity contribution >= 4 is 0 Å². The predicted octanol–water partition coefficient (Wildman–Crippen LogP) is 1.94. The van der Waals surface area contributed by atoms with Crippen molar-refractivity contribution in [2.75, 3.05) is 46.3 Å². The summed E-state index contributed by atoms with van der Waals surface area (Å²) < 4.78 is 0. The molecule has 0 aromatic rings. The lowest BCUT2D eigenvalue weighted by atomic mass is 10.1. The van der Waals surface area contributed by atoms with Crippen LogP contribution in [0.3, 0.4) is 0 Å². The van der Waals surface area contributed by atoms with E-state index in [0.29, 0.717) is 6.04 Å². The van der Waals surface area contributed by atoms with Gasteiger partial charge in [0.05, 0.1) is 0 Å². The molecule has 2 saturated heterocycles. The average Bonchev–Trinajstić information content (AvgIpc) is 2.45. The molecule has 0 aliphatic carbocycles. The average molecular weight is 253 g/mol. The third kappa shape index (κ3) is 4.87. The summed E-state index contributed by atoms with van der Waals surface area (Å²) in [4.78, 5) is 5.31. The molecular weight excluding hydrogens is 222 g/mol. The van der Waals surface area contributed by atoms with E-state index in [1.165, 1.54) is 84.2 Å². The van der Waals surface area contributed by atoms with Gasteiger partial charge in [0.2, 0.25) is 0 Å². The zero-order chi connectivity index (χ0) is 12.6.